The Kier molecular flexibility index (Phi) is 7.40. The summed E-state index contributed by atoms with van der Waals surface area (Å²) in [4.78, 5) is 25.3. The van der Waals surface area contributed by atoms with Crippen LogP contribution in [0.3, 0.4) is 0 Å². The lowest BCUT2D eigenvalue weighted by molar-refractivity contribution is -0.114. The molecule has 1 aliphatic rings. The number of piperazine rings is 1. The van der Waals surface area contributed by atoms with E-state index in [-0.39, 0.29) is 5.91 Å². The van der Waals surface area contributed by atoms with Gasteiger partial charge in [-0.25, -0.2) is 9.98 Å². The first-order valence-corrected chi connectivity index (χ1v) is 10.8. The van der Waals surface area contributed by atoms with E-state index in [1.165, 1.54) is 18.5 Å². The number of aliphatic imine (C=N–C) groups is 1. The summed E-state index contributed by atoms with van der Waals surface area (Å²) in [5.74, 6) is 1.77. The fourth-order valence-electron chi connectivity index (χ4n) is 3.17. The van der Waals surface area contributed by atoms with Crippen LogP contribution in [0, 0.1) is 0 Å². The molecule has 1 aromatic heterocycles. The molecule has 0 aliphatic carbocycles. The number of nitrogens with one attached hydrogen (secondary N) is 2. The summed E-state index contributed by atoms with van der Waals surface area (Å²) >= 11 is 1.48. The molecule has 0 spiro atoms. The molecule has 8 nitrogen and oxygen atoms in total. The molecule has 1 aliphatic heterocycles. The first-order valence-electron chi connectivity index (χ1n) is 10.1. The Balaban J connectivity index is 1.61. The van der Waals surface area contributed by atoms with E-state index in [4.69, 9.17) is 4.99 Å². The average molecular weight is 416 g/mol. The Morgan fingerprint density at radius 2 is 2.03 bits per heavy atom. The zero-order valence-electron chi connectivity index (χ0n) is 17.3. The molecule has 2 aromatic rings. The average Bonchev–Trinajstić information content (AvgIpc) is 3.20. The smallest absolute Gasteiger partial charge is 0.221 e. The standard InChI is InChI=1S/C20H29N7OS/c1-4-18-24-20(29-25-18)27-11-9-26(10-12-27)19(21-5-2)22-14-16-7-6-8-17(13-16)23-15(3)28/h6-8,13H,4-5,9-12,14H2,1-3H3,(H,21,22)(H,23,28). The fourth-order valence-corrected chi connectivity index (χ4v) is 3.97. The lowest BCUT2D eigenvalue weighted by Crippen LogP contribution is -2.52. The van der Waals surface area contributed by atoms with Gasteiger partial charge in [0, 0.05) is 63.3 Å². The number of carbonyl (C=O) groups is 1. The molecule has 0 saturated carbocycles. The molecule has 0 bridgehead atoms. The highest BCUT2D eigenvalue weighted by atomic mass is 32.1. The SMILES string of the molecule is CCNC(=NCc1cccc(NC(C)=O)c1)N1CCN(c2nc(CC)ns2)CC1. The van der Waals surface area contributed by atoms with Crippen molar-refractivity contribution in [1.29, 1.82) is 0 Å². The van der Waals surface area contributed by atoms with E-state index < -0.39 is 0 Å². The zero-order chi connectivity index (χ0) is 20.6. The summed E-state index contributed by atoms with van der Waals surface area (Å²) in [6, 6.07) is 7.81. The minimum absolute atomic E-state index is 0.0710. The summed E-state index contributed by atoms with van der Waals surface area (Å²) in [6.07, 6.45) is 0.872. The Labute approximate surface area is 176 Å². The van der Waals surface area contributed by atoms with Crippen LogP contribution in [0.25, 0.3) is 0 Å². The first-order chi connectivity index (χ1) is 14.1. The monoisotopic (exact) mass is 415 g/mol. The van der Waals surface area contributed by atoms with Crippen LogP contribution in [-0.4, -0.2) is 58.8 Å². The predicted molar refractivity (Wildman–Crippen MR) is 119 cm³/mol. The van der Waals surface area contributed by atoms with Crippen LogP contribution in [0.1, 0.15) is 32.2 Å². The minimum Gasteiger partial charge on any atom is -0.357 e. The van der Waals surface area contributed by atoms with Crippen LogP contribution in [0.4, 0.5) is 10.8 Å². The largest absolute Gasteiger partial charge is 0.357 e. The first kappa shape index (κ1) is 21.0. The second-order valence-corrected chi connectivity index (χ2v) is 7.60. The van der Waals surface area contributed by atoms with Gasteiger partial charge in [0.15, 0.2) is 5.96 Å². The summed E-state index contributed by atoms with van der Waals surface area (Å²) in [5.41, 5.74) is 1.86. The van der Waals surface area contributed by atoms with Gasteiger partial charge in [0.25, 0.3) is 0 Å². The van der Waals surface area contributed by atoms with Crippen molar-refractivity contribution in [2.75, 3.05) is 42.9 Å². The van der Waals surface area contributed by atoms with Crippen molar-refractivity contribution in [2.45, 2.75) is 33.7 Å². The number of carbonyl (C=O) groups excluding carboxylic acids is 1. The van der Waals surface area contributed by atoms with Crippen molar-refractivity contribution < 1.29 is 4.79 Å². The third kappa shape index (κ3) is 5.90. The molecule has 156 valence electrons. The van der Waals surface area contributed by atoms with Crippen LogP contribution in [0.15, 0.2) is 29.3 Å². The van der Waals surface area contributed by atoms with Gasteiger partial charge >= 0.3 is 0 Å². The molecule has 1 aromatic carbocycles. The molecule has 3 rings (SSSR count). The van der Waals surface area contributed by atoms with Crippen LogP contribution < -0.4 is 15.5 Å². The maximum atomic E-state index is 11.3. The zero-order valence-corrected chi connectivity index (χ0v) is 18.1. The van der Waals surface area contributed by atoms with E-state index >= 15 is 0 Å². The molecule has 2 heterocycles. The van der Waals surface area contributed by atoms with Gasteiger partial charge in [0.1, 0.15) is 5.82 Å². The van der Waals surface area contributed by atoms with Gasteiger partial charge in [-0.1, -0.05) is 19.1 Å². The molecular weight excluding hydrogens is 386 g/mol. The Bertz CT molecular complexity index is 843. The maximum absolute atomic E-state index is 11.3. The highest BCUT2D eigenvalue weighted by Gasteiger charge is 2.22. The normalized spacial score (nSPS) is 14.8. The molecule has 0 atom stereocenters. The number of guanidine groups is 1. The van der Waals surface area contributed by atoms with E-state index in [1.807, 2.05) is 24.3 Å². The number of hydrogen-bond donors (Lipinski definition) is 2. The van der Waals surface area contributed by atoms with Crippen molar-refractivity contribution >= 4 is 34.2 Å². The van der Waals surface area contributed by atoms with E-state index in [9.17, 15) is 4.79 Å². The van der Waals surface area contributed by atoms with Gasteiger partial charge in [-0.3, -0.25) is 4.79 Å². The Hall–Kier alpha value is -2.68. The summed E-state index contributed by atoms with van der Waals surface area (Å²) in [6.45, 7) is 10.6. The predicted octanol–water partition coefficient (Wildman–Crippen LogP) is 2.35. The van der Waals surface area contributed by atoms with Crippen LogP contribution in [0.5, 0.6) is 0 Å². The molecular formula is C20H29N7OS. The molecule has 9 heteroatoms. The van der Waals surface area contributed by atoms with Crippen molar-refractivity contribution in [3.8, 4) is 0 Å². The van der Waals surface area contributed by atoms with Crippen molar-refractivity contribution in [1.82, 2.24) is 19.6 Å². The van der Waals surface area contributed by atoms with Crippen LogP contribution in [0.2, 0.25) is 0 Å². The lowest BCUT2D eigenvalue weighted by Gasteiger charge is -2.36. The molecule has 1 saturated heterocycles. The quantitative estimate of drug-likeness (QED) is 0.556. The third-order valence-corrected chi connectivity index (χ3v) is 5.43. The lowest BCUT2D eigenvalue weighted by atomic mass is 10.2. The van der Waals surface area contributed by atoms with E-state index in [0.717, 1.165) is 67.3 Å². The molecule has 0 unspecified atom stereocenters. The number of aromatic nitrogens is 2. The highest BCUT2D eigenvalue weighted by molar-refractivity contribution is 7.09. The highest BCUT2D eigenvalue weighted by Crippen LogP contribution is 2.19. The van der Waals surface area contributed by atoms with E-state index in [0.29, 0.717) is 6.54 Å². The maximum Gasteiger partial charge on any atom is 0.221 e. The summed E-state index contributed by atoms with van der Waals surface area (Å²) in [7, 11) is 0. The second kappa shape index (κ2) is 10.2. The fraction of sp³-hybridized carbons (Fsp3) is 0.500. The summed E-state index contributed by atoms with van der Waals surface area (Å²) < 4.78 is 4.39. The van der Waals surface area contributed by atoms with Crippen molar-refractivity contribution in [3.05, 3.63) is 35.7 Å². The minimum atomic E-state index is -0.0710. The number of rotatable bonds is 6. The number of aryl methyl sites for hydroxylation is 1. The molecule has 1 fully saturated rings. The Morgan fingerprint density at radius 1 is 1.24 bits per heavy atom. The molecule has 29 heavy (non-hydrogen) atoms. The topological polar surface area (TPSA) is 85.8 Å². The number of benzene rings is 1. The molecule has 2 N–H and O–H groups in total. The van der Waals surface area contributed by atoms with Gasteiger partial charge in [0.05, 0.1) is 6.54 Å². The van der Waals surface area contributed by atoms with Gasteiger partial charge in [-0.15, -0.1) is 0 Å². The van der Waals surface area contributed by atoms with Gasteiger partial charge in [-0.2, -0.15) is 4.37 Å². The number of anilines is 2. The third-order valence-electron chi connectivity index (χ3n) is 4.62. The van der Waals surface area contributed by atoms with E-state index in [1.54, 1.807) is 0 Å². The molecule has 1 amide bonds. The Morgan fingerprint density at radius 3 is 2.69 bits per heavy atom. The van der Waals surface area contributed by atoms with Crippen LogP contribution in [-0.2, 0) is 17.8 Å². The van der Waals surface area contributed by atoms with E-state index in [2.05, 4.69) is 43.6 Å². The van der Waals surface area contributed by atoms with Crippen LogP contribution >= 0.6 is 11.5 Å². The van der Waals surface area contributed by atoms with Gasteiger partial charge in [-0.05, 0) is 24.6 Å². The number of hydrogen-bond acceptors (Lipinski definition) is 6. The van der Waals surface area contributed by atoms with Crippen molar-refractivity contribution in [3.63, 3.8) is 0 Å². The van der Waals surface area contributed by atoms with Crippen molar-refractivity contribution in [2.24, 2.45) is 4.99 Å². The molecule has 0 radical (unpaired) electrons. The number of amides is 1. The summed E-state index contributed by atoms with van der Waals surface area (Å²) in [5, 5.41) is 7.23. The van der Waals surface area contributed by atoms with Gasteiger partial charge in [0.2, 0.25) is 11.0 Å². The number of nitrogens with zero attached hydrogens (tertiary/aromatic N) is 5. The van der Waals surface area contributed by atoms with Gasteiger partial charge < -0.3 is 20.4 Å². The second-order valence-electron chi connectivity index (χ2n) is 6.87.